The van der Waals surface area contributed by atoms with E-state index >= 15 is 0 Å². The van der Waals surface area contributed by atoms with Gasteiger partial charge in [-0.3, -0.25) is 9.59 Å². The monoisotopic (exact) mass is 358 g/mol. The summed E-state index contributed by atoms with van der Waals surface area (Å²) in [4.78, 5) is 34.6. The molecule has 1 saturated carbocycles. The predicted molar refractivity (Wildman–Crippen MR) is 80.7 cm³/mol. The molecular weight excluding hydrogens is 341 g/mol. The second-order valence-corrected chi connectivity index (χ2v) is 5.90. The highest BCUT2D eigenvalue weighted by Crippen LogP contribution is 2.33. The maximum Gasteiger partial charge on any atom is 0.416 e. The van der Waals surface area contributed by atoms with Crippen LogP contribution < -0.4 is 10.6 Å². The zero-order valence-electron chi connectivity index (χ0n) is 13.1. The van der Waals surface area contributed by atoms with Gasteiger partial charge in [0.1, 0.15) is 6.04 Å². The van der Waals surface area contributed by atoms with Gasteiger partial charge in [-0.05, 0) is 36.6 Å². The SMILES string of the molecule is O=C(CNC(=O)c1ccc(C(F)(F)F)cc1)NC(CC1CC1)C(=O)O. The average molecular weight is 358 g/mol. The van der Waals surface area contributed by atoms with Gasteiger partial charge in [0.05, 0.1) is 12.1 Å². The fourth-order valence-corrected chi connectivity index (χ4v) is 2.23. The molecule has 1 aromatic rings. The first-order chi connectivity index (χ1) is 11.7. The number of amides is 2. The normalized spacial score (nSPS) is 15.3. The Morgan fingerprint density at radius 3 is 2.24 bits per heavy atom. The van der Waals surface area contributed by atoms with E-state index in [0.717, 1.165) is 37.1 Å². The Bertz CT molecular complexity index is 654. The van der Waals surface area contributed by atoms with Crippen LogP contribution in [0, 0.1) is 5.92 Å². The van der Waals surface area contributed by atoms with Crippen LogP contribution in [0.4, 0.5) is 13.2 Å². The van der Waals surface area contributed by atoms with Crippen molar-refractivity contribution in [2.45, 2.75) is 31.5 Å². The van der Waals surface area contributed by atoms with Crippen LogP contribution in [-0.2, 0) is 15.8 Å². The van der Waals surface area contributed by atoms with Crippen molar-refractivity contribution < 1.29 is 32.7 Å². The van der Waals surface area contributed by atoms with E-state index in [-0.39, 0.29) is 5.56 Å². The van der Waals surface area contributed by atoms with E-state index in [4.69, 9.17) is 5.11 Å². The number of halogens is 3. The second kappa shape index (κ2) is 7.54. The van der Waals surface area contributed by atoms with Gasteiger partial charge < -0.3 is 15.7 Å². The lowest BCUT2D eigenvalue weighted by Gasteiger charge is -2.14. The Morgan fingerprint density at radius 2 is 1.76 bits per heavy atom. The van der Waals surface area contributed by atoms with E-state index in [1.165, 1.54) is 0 Å². The van der Waals surface area contributed by atoms with Crippen molar-refractivity contribution in [2.75, 3.05) is 6.54 Å². The van der Waals surface area contributed by atoms with Gasteiger partial charge in [0, 0.05) is 5.56 Å². The minimum Gasteiger partial charge on any atom is -0.480 e. The number of rotatable bonds is 7. The number of carbonyl (C=O) groups is 3. The highest BCUT2D eigenvalue weighted by molar-refractivity contribution is 5.96. The van der Waals surface area contributed by atoms with Gasteiger partial charge in [-0.1, -0.05) is 12.8 Å². The lowest BCUT2D eigenvalue weighted by Crippen LogP contribution is -2.45. The fourth-order valence-electron chi connectivity index (χ4n) is 2.23. The summed E-state index contributed by atoms with van der Waals surface area (Å²) in [6, 6.07) is 2.53. The molecule has 136 valence electrons. The maximum atomic E-state index is 12.5. The Labute approximate surface area is 141 Å². The number of benzene rings is 1. The molecule has 1 aliphatic rings. The van der Waals surface area contributed by atoms with Crippen molar-refractivity contribution in [3.05, 3.63) is 35.4 Å². The minimum absolute atomic E-state index is 0.0337. The van der Waals surface area contributed by atoms with Crippen LogP contribution in [0.2, 0.25) is 0 Å². The third kappa shape index (κ3) is 5.77. The molecule has 1 aromatic carbocycles. The van der Waals surface area contributed by atoms with Gasteiger partial charge in [-0.15, -0.1) is 0 Å². The number of nitrogens with one attached hydrogen (secondary N) is 2. The number of hydrogen-bond donors (Lipinski definition) is 3. The van der Waals surface area contributed by atoms with Gasteiger partial charge in [0.25, 0.3) is 5.91 Å². The molecule has 6 nitrogen and oxygen atoms in total. The summed E-state index contributed by atoms with van der Waals surface area (Å²) in [7, 11) is 0. The van der Waals surface area contributed by atoms with Crippen LogP contribution in [-0.4, -0.2) is 35.5 Å². The third-order valence-electron chi connectivity index (χ3n) is 3.78. The summed E-state index contributed by atoms with van der Waals surface area (Å²) in [5.74, 6) is -2.25. The number of alkyl halides is 3. The summed E-state index contributed by atoms with van der Waals surface area (Å²) < 4.78 is 37.4. The van der Waals surface area contributed by atoms with Crippen molar-refractivity contribution >= 4 is 17.8 Å². The zero-order valence-corrected chi connectivity index (χ0v) is 13.1. The minimum atomic E-state index is -4.50. The molecule has 0 radical (unpaired) electrons. The standard InChI is InChI=1S/C16H17F3N2O4/c17-16(18,19)11-5-3-10(4-6-11)14(23)20-8-13(22)21-12(15(24)25)7-9-1-2-9/h3-6,9,12H,1-2,7-8H2,(H,20,23)(H,21,22)(H,24,25). The van der Waals surface area contributed by atoms with E-state index in [1.807, 2.05) is 0 Å². The highest BCUT2D eigenvalue weighted by atomic mass is 19.4. The van der Waals surface area contributed by atoms with Crippen LogP contribution >= 0.6 is 0 Å². The summed E-state index contributed by atoms with van der Waals surface area (Å²) in [6.07, 6.45) is -2.29. The third-order valence-corrected chi connectivity index (χ3v) is 3.78. The molecule has 2 rings (SSSR count). The maximum absolute atomic E-state index is 12.5. The van der Waals surface area contributed by atoms with E-state index in [9.17, 15) is 27.6 Å². The highest BCUT2D eigenvalue weighted by Gasteiger charge is 2.31. The molecule has 25 heavy (non-hydrogen) atoms. The molecule has 1 fully saturated rings. The molecule has 2 amide bonds. The Kier molecular flexibility index (Phi) is 5.66. The topological polar surface area (TPSA) is 95.5 Å². The lowest BCUT2D eigenvalue weighted by molar-refractivity contribution is -0.142. The van der Waals surface area contributed by atoms with E-state index < -0.39 is 42.1 Å². The molecule has 1 atom stereocenters. The van der Waals surface area contributed by atoms with Gasteiger partial charge >= 0.3 is 12.1 Å². The molecule has 0 saturated heterocycles. The molecule has 1 unspecified atom stereocenters. The van der Waals surface area contributed by atoms with Gasteiger partial charge in [0.15, 0.2) is 0 Å². The van der Waals surface area contributed by atoms with Gasteiger partial charge in [0.2, 0.25) is 5.91 Å². The van der Waals surface area contributed by atoms with Crippen LogP contribution in [0.1, 0.15) is 35.2 Å². The second-order valence-electron chi connectivity index (χ2n) is 5.90. The average Bonchev–Trinajstić information content (AvgIpc) is 3.35. The van der Waals surface area contributed by atoms with E-state index in [0.29, 0.717) is 12.3 Å². The molecule has 9 heteroatoms. The number of carboxylic acids is 1. The number of carboxylic acid groups (broad SMARTS) is 1. The largest absolute Gasteiger partial charge is 0.480 e. The predicted octanol–water partition coefficient (Wildman–Crippen LogP) is 1.80. The summed E-state index contributed by atoms with van der Waals surface area (Å²) >= 11 is 0. The van der Waals surface area contributed by atoms with Crippen molar-refractivity contribution in [1.29, 1.82) is 0 Å². The Morgan fingerprint density at radius 1 is 1.16 bits per heavy atom. The first kappa shape index (κ1) is 18.8. The van der Waals surface area contributed by atoms with Gasteiger partial charge in [-0.25, -0.2) is 4.79 Å². The quantitative estimate of drug-likeness (QED) is 0.693. The van der Waals surface area contributed by atoms with Crippen molar-refractivity contribution in [2.24, 2.45) is 5.92 Å². The fraction of sp³-hybridized carbons (Fsp3) is 0.438. The molecular formula is C16H17F3N2O4. The van der Waals surface area contributed by atoms with Gasteiger partial charge in [-0.2, -0.15) is 13.2 Å². The number of aliphatic carboxylic acids is 1. The van der Waals surface area contributed by atoms with Crippen molar-refractivity contribution in [3.63, 3.8) is 0 Å². The number of hydrogen-bond acceptors (Lipinski definition) is 3. The van der Waals surface area contributed by atoms with E-state index in [2.05, 4.69) is 10.6 Å². The first-order valence-electron chi connectivity index (χ1n) is 7.64. The summed E-state index contributed by atoms with van der Waals surface area (Å²) in [5, 5.41) is 13.6. The molecule has 0 heterocycles. The Hall–Kier alpha value is -2.58. The van der Waals surface area contributed by atoms with Crippen LogP contribution in [0.15, 0.2) is 24.3 Å². The molecule has 0 bridgehead atoms. The smallest absolute Gasteiger partial charge is 0.416 e. The molecule has 3 N–H and O–H groups in total. The van der Waals surface area contributed by atoms with Crippen LogP contribution in [0.3, 0.4) is 0 Å². The number of carbonyl (C=O) groups excluding carboxylic acids is 2. The molecule has 0 aromatic heterocycles. The summed E-state index contributed by atoms with van der Waals surface area (Å²) in [6.45, 7) is -0.464. The molecule has 0 aliphatic heterocycles. The summed E-state index contributed by atoms with van der Waals surface area (Å²) in [5.41, 5.74) is -0.917. The molecule has 1 aliphatic carbocycles. The lowest BCUT2D eigenvalue weighted by atomic mass is 10.1. The Balaban J connectivity index is 1.84. The van der Waals surface area contributed by atoms with Crippen molar-refractivity contribution in [3.8, 4) is 0 Å². The molecule has 0 spiro atoms. The van der Waals surface area contributed by atoms with Crippen molar-refractivity contribution in [1.82, 2.24) is 10.6 Å². The zero-order chi connectivity index (χ0) is 18.6. The van der Waals surface area contributed by atoms with Crippen LogP contribution in [0.5, 0.6) is 0 Å². The van der Waals surface area contributed by atoms with Crippen LogP contribution in [0.25, 0.3) is 0 Å². The first-order valence-corrected chi connectivity index (χ1v) is 7.64. The van der Waals surface area contributed by atoms with E-state index in [1.54, 1.807) is 0 Å².